The first-order chi connectivity index (χ1) is 9.45. The van der Waals surface area contributed by atoms with Crippen molar-refractivity contribution >= 4 is 7.92 Å². The fourth-order valence-corrected chi connectivity index (χ4v) is 8.05. The van der Waals surface area contributed by atoms with Crippen LogP contribution in [-0.2, 0) is 14.2 Å². The molecule has 3 heterocycles. The van der Waals surface area contributed by atoms with Crippen molar-refractivity contribution in [2.75, 3.05) is 39.6 Å². The number of rotatable bonds is 3. The normalized spacial score (nSPS) is 28.9. The predicted octanol–water partition coefficient (Wildman–Crippen LogP) is 3.01. The Balaban J connectivity index is 1.68. The van der Waals surface area contributed by atoms with Gasteiger partial charge in [-0.3, -0.25) is 0 Å². The van der Waals surface area contributed by atoms with Crippen molar-refractivity contribution in [1.82, 2.24) is 0 Å². The minimum Gasteiger partial charge on any atom is -0.381 e. The van der Waals surface area contributed by atoms with Crippen molar-refractivity contribution < 1.29 is 14.2 Å². The highest BCUT2D eigenvalue weighted by molar-refractivity contribution is 7.60. The maximum absolute atomic E-state index is 5.59. The molecule has 0 aromatic carbocycles. The molecule has 0 aliphatic carbocycles. The van der Waals surface area contributed by atoms with Gasteiger partial charge in [-0.2, -0.15) is 0 Å². The molecule has 3 rings (SSSR count). The van der Waals surface area contributed by atoms with Crippen molar-refractivity contribution in [1.29, 1.82) is 0 Å². The van der Waals surface area contributed by atoms with Gasteiger partial charge < -0.3 is 14.2 Å². The first-order valence-corrected chi connectivity index (χ1v) is 9.51. The van der Waals surface area contributed by atoms with Gasteiger partial charge in [0.25, 0.3) is 0 Å². The largest absolute Gasteiger partial charge is 0.381 e. The smallest absolute Gasteiger partial charge is 0.0472 e. The van der Waals surface area contributed by atoms with E-state index in [1.807, 2.05) is 0 Å². The van der Waals surface area contributed by atoms with Crippen LogP contribution in [0.3, 0.4) is 0 Å². The lowest BCUT2D eigenvalue weighted by molar-refractivity contribution is 0.0878. The first kappa shape index (κ1) is 14.3. The van der Waals surface area contributed by atoms with Crippen LogP contribution in [0.4, 0.5) is 0 Å². The molecule has 0 saturated carbocycles. The molecule has 0 amide bonds. The topological polar surface area (TPSA) is 27.7 Å². The summed E-state index contributed by atoms with van der Waals surface area (Å²) in [6.45, 7) is 5.98. The summed E-state index contributed by atoms with van der Waals surface area (Å²) in [4.78, 5) is 0. The van der Waals surface area contributed by atoms with Gasteiger partial charge in [0.2, 0.25) is 0 Å². The van der Waals surface area contributed by atoms with Crippen molar-refractivity contribution in [2.24, 2.45) is 0 Å². The van der Waals surface area contributed by atoms with Crippen molar-refractivity contribution in [2.45, 2.75) is 55.5 Å². The lowest BCUT2D eigenvalue weighted by Gasteiger charge is -2.44. The third-order valence-electron chi connectivity index (χ3n) is 4.84. The van der Waals surface area contributed by atoms with E-state index in [-0.39, 0.29) is 7.92 Å². The molecule has 0 N–H and O–H groups in total. The lowest BCUT2D eigenvalue weighted by atomic mass is 10.2. The monoisotopic (exact) mass is 286 g/mol. The molecule has 3 aliphatic rings. The van der Waals surface area contributed by atoms with Gasteiger partial charge in [0.15, 0.2) is 0 Å². The molecule has 4 heteroatoms. The highest BCUT2D eigenvalue weighted by Gasteiger charge is 2.37. The van der Waals surface area contributed by atoms with Crippen LogP contribution >= 0.6 is 7.92 Å². The molecule has 0 spiro atoms. The molecule has 110 valence electrons. The van der Waals surface area contributed by atoms with E-state index in [9.17, 15) is 0 Å². The fraction of sp³-hybridized carbons (Fsp3) is 1.00. The highest BCUT2D eigenvalue weighted by Crippen LogP contribution is 2.59. The van der Waals surface area contributed by atoms with E-state index in [2.05, 4.69) is 0 Å². The van der Waals surface area contributed by atoms with Crippen LogP contribution in [0.25, 0.3) is 0 Å². The molecule has 0 aromatic heterocycles. The molecule has 0 radical (unpaired) electrons. The molecule has 3 aliphatic heterocycles. The summed E-state index contributed by atoms with van der Waals surface area (Å²) in [5.41, 5.74) is 2.86. The van der Waals surface area contributed by atoms with Gasteiger partial charge >= 0.3 is 0 Å². The average molecular weight is 286 g/mol. The van der Waals surface area contributed by atoms with Gasteiger partial charge in [-0.15, -0.1) is 0 Å². The maximum atomic E-state index is 5.59. The van der Waals surface area contributed by atoms with E-state index in [1.165, 1.54) is 38.5 Å². The summed E-state index contributed by atoms with van der Waals surface area (Å²) in [7, 11) is 0.145. The second kappa shape index (κ2) is 7.36. The van der Waals surface area contributed by atoms with Crippen LogP contribution in [0, 0.1) is 0 Å². The third kappa shape index (κ3) is 3.69. The lowest BCUT2D eigenvalue weighted by Crippen LogP contribution is -2.33. The molecule has 0 atom stereocenters. The molecule has 3 fully saturated rings. The zero-order valence-electron chi connectivity index (χ0n) is 11.9. The quantitative estimate of drug-likeness (QED) is 0.746. The second-order valence-electron chi connectivity index (χ2n) is 5.98. The Morgan fingerprint density at radius 1 is 0.474 bits per heavy atom. The Morgan fingerprint density at radius 2 is 0.737 bits per heavy atom. The Kier molecular flexibility index (Phi) is 5.52. The van der Waals surface area contributed by atoms with E-state index in [0.717, 1.165) is 56.6 Å². The van der Waals surface area contributed by atoms with Gasteiger partial charge in [0, 0.05) is 39.6 Å². The van der Waals surface area contributed by atoms with Crippen molar-refractivity contribution in [3.63, 3.8) is 0 Å². The van der Waals surface area contributed by atoms with Gasteiger partial charge in [-0.05, 0) is 55.5 Å². The molecule has 19 heavy (non-hydrogen) atoms. The van der Waals surface area contributed by atoms with Crippen LogP contribution in [0.5, 0.6) is 0 Å². The summed E-state index contributed by atoms with van der Waals surface area (Å²) in [5.74, 6) is 0. The zero-order chi connectivity index (χ0) is 12.9. The van der Waals surface area contributed by atoms with E-state index < -0.39 is 0 Å². The molecule has 0 aromatic rings. The summed E-state index contributed by atoms with van der Waals surface area (Å²) in [6.07, 6.45) is 7.84. The number of hydrogen-bond donors (Lipinski definition) is 0. The average Bonchev–Trinajstić information content (AvgIpc) is 2.51. The zero-order valence-corrected chi connectivity index (χ0v) is 12.8. The van der Waals surface area contributed by atoms with E-state index in [4.69, 9.17) is 14.2 Å². The van der Waals surface area contributed by atoms with Crippen LogP contribution in [0.1, 0.15) is 38.5 Å². The second-order valence-corrected chi connectivity index (χ2v) is 9.06. The summed E-state index contributed by atoms with van der Waals surface area (Å²) in [5, 5.41) is 0. The standard InChI is InChI=1S/C15H27O3P/c1-7-16-8-2-13(1)19(14-3-9-17-10-4-14)15-5-11-18-12-6-15/h13-15H,1-12H2. The van der Waals surface area contributed by atoms with E-state index in [1.54, 1.807) is 0 Å². The van der Waals surface area contributed by atoms with Crippen LogP contribution in [0.15, 0.2) is 0 Å². The maximum Gasteiger partial charge on any atom is 0.0472 e. The van der Waals surface area contributed by atoms with Crippen molar-refractivity contribution in [3.8, 4) is 0 Å². The van der Waals surface area contributed by atoms with E-state index >= 15 is 0 Å². The van der Waals surface area contributed by atoms with Gasteiger partial charge in [0.05, 0.1) is 0 Å². The van der Waals surface area contributed by atoms with Gasteiger partial charge in [-0.1, -0.05) is 7.92 Å². The van der Waals surface area contributed by atoms with Crippen LogP contribution < -0.4 is 0 Å². The third-order valence-corrected chi connectivity index (χ3v) is 8.92. The Bertz CT molecular complexity index is 213. The minimum atomic E-state index is 0.145. The van der Waals surface area contributed by atoms with Crippen LogP contribution in [0.2, 0.25) is 0 Å². The predicted molar refractivity (Wildman–Crippen MR) is 78.4 cm³/mol. The Labute approximate surface area is 118 Å². The molecule has 3 nitrogen and oxygen atoms in total. The molecular weight excluding hydrogens is 259 g/mol. The highest BCUT2D eigenvalue weighted by atomic mass is 31.1. The number of ether oxygens (including phenoxy) is 3. The molecular formula is C15H27O3P. The van der Waals surface area contributed by atoms with Crippen molar-refractivity contribution in [3.05, 3.63) is 0 Å². The van der Waals surface area contributed by atoms with Gasteiger partial charge in [0.1, 0.15) is 0 Å². The van der Waals surface area contributed by atoms with Gasteiger partial charge in [-0.25, -0.2) is 0 Å². The Hall–Kier alpha value is 0.310. The summed E-state index contributed by atoms with van der Waals surface area (Å²) < 4.78 is 16.8. The number of hydrogen-bond acceptors (Lipinski definition) is 3. The SMILES string of the molecule is C1CC(P(C2CCOCC2)C2CCOCC2)CCO1. The molecule has 0 unspecified atom stereocenters. The molecule has 0 bridgehead atoms. The van der Waals surface area contributed by atoms with Crippen LogP contribution in [-0.4, -0.2) is 56.6 Å². The van der Waals surface area contributed by atoms with E-state index in [0.29, 0.717) is 0 Å². The Morgan fingerprint density at radius 3 is 1.00 bits per heavy atom. The summed E-state index contributed by atoms with van der Waals surface area (Å²) in [6, 6.07) is 0. The summed E-state index contributed by atoms with van der Waals surface area (Å²) >= 11 is 0. The minimum absolute atomic E-state index is 0.145. The fourth-order valence-electron chi connectivity index (χ4n) is 3.84. The first-order valence-electron chi connectivity index (χ1n) is 7.96. The molecule has 3 saturated heterocycles.